The van der Waals surface area contributed by atoms with Crippen LogP contribution in [-0.4, -0.2) is 23.0 Å². The van der Waals surface area contributed by atoms with Crippen LogP contribution in [0.15, 0.2) is 0 Å². The molecule has 0 aromatic carbocycles. The van der Waals surface area contributed by atoms with Crippen LogP contribution in [0.5, 0.6) is 0 Å². The van der Waals surface area contributed by atoms with Gasteiger partial charge in [0.1, 0.15) is 0 Å². The fourth-order valence-electron chi connectivity index (χ4n) is 3.16. The average molecular weight is 255 g/mol. The van der Waals surface area contributed by atoms with Crippen molar-refractivity contribution in [3.05, 3.63) is 0 Å². The summed E-state index contributed by atoms with van der Waals surface area (Å²) in [5.74, 6) is -0.209. The van der Waals surface area contributed by atoms with Gasteiger partial charge in [-0.25, -0.2) is 0 Å². The van der Waals surface area contributed by atoms with E-state index in [1.165, 1.54) is 6.42 Å². The minimum Gasteiger partial charge on any atom is -0.481 e. The van der Waals surface area contributed by atoms with Gasteiger partial charge < -0.3 is 10.4 Å². The minimum atomic E-state index is -0.838. The van der Waals surface area contributed by atoms with Crippen molar-refractivity contribution >= 4 is 11.9 Å². The lowest BCUT2D eigenvalue weighted by atomic mass is 9.70. The first-order valence-corrected chi connectivity index (χ1v) is 6.80. The summed E-state index contributed by atoms with van der Waals surface area (Å²) in [5.41, 5.74) is 0.288. The predicted octanol–water partition coefficient (Wildman–Crippen LogP) is 2.57. The van der Waals surface area contributed by atoms with Gasteiger partial charge in [-0.05, 0) is 37.0 Å². The Kier molecular flexibility index (Phi) is 5.17. The highest BCUT2D eigenvalue weighted by Gasteiger charge is 2.32. The lowest BCUT2D eigenvalue weighted by Crippen LogP contribution is -2.42. The summed E-state index contributed by atoms with van der Waals surface area (Å²) in [7, 11) is 0. The Morgan fingerprint density at radius 1 is 1.28 bits per heavy atom. The summed E-state index contributed by atoms with van der Waals surface area (Å²) in [5, 5.41) is 11.6. The SMILES string of the molecule is C[C@H]1C[C@@H](NC(=O)CCCC(=O)O)CC(C)(C)C1. The van der Waals surface area contributed by atoms with Crippen molar-refractivity contribution in [3.8, 4) is 0 Å². The highest BCUT2D eigenvalue weighted by atomic mass is 16.4. The van der Waals surface area contributed by atoms with E-state index in [0.29, 0.717) is 18.8 Å². The van der Waals surface area contributed by atoms with Crippen molar-refractivity contribution in [2.75, 3.05) is 0 Å². The summed E-state index contributed by atoms with van der Waals surface area (Å²) < 4.78 is 0. The molecule has 0 bridgehead atoms. The second-order valence-electron chi connectivity index (χ2n) is 6.43. The third kappa shape index (κ3) is 5.52. The molecule has 1 fully saturated rings. The Morgan fingerprint density at radius 2 is 1.94 bits per heavy atom. The number of nitrogens with one attached hydrogen (secondary N) is 1. The number of hydrogen-bond donors (Lipinski definition) is 2. The Balaban J connectivity index is 2.33. The minimum absolute atomic E-state index is 0.00819. The molecule has 0 aliphatic heterocycles. The van der Waals surface area contributed by atoms with E-state index in [0.717, 1.165) is 12.8 Å². The molecule has 1 aliphatic rings. The molecular formula is C14H25NO3. The molecule has 1 saturated carbocycles. The van der Waals surface area contributed by atoms with Crippen molar-refractivity contribution in [1.82, 2.24) is 5.32 Å². The van der Waals surface area contributed by atoms with Gasteiger partial charge in [-0.3, -0.25) is 9.59 Å². The van der Waals surface area contributed by atoms with Gasteiger partial charge in [-0.2, -0.15) is 0 Å². The number of carbonyl (C=O) groups is 2. The topological polar surface area (TPSA) is 66.4 Å². The highest BCUT2D eigenvalue weighted by molar-refractivity contribution is 5.77. The summed E-state index contributed by atoms with van der Waals surface area (Å²) in [6.45, 7) is 6.71. The normalized spacial score (nSPS) is 26.6. The van der Waals surface area contributed by atoms with Crippen LogP contribution in [0.1, 0.15) is 59.3 Å². The lowest BCUT2D eigenvalue weighted by molar-refractivity contribution is -0.137. The number of carboxylic acids is 1. The quantitative estimate of drug-likeness (QED) is 0.793. The zero-order valence-corrected chi connectivity index (χ0v) is 11.7. The number of carboxylic acid groups (broad SMARTS) is 1. The smallest absolute Gasteiger partial charge is 0.303 e. The maximum Gasteiger partial charge on any atom is 0.303 e. The number of rotatable bonds is 5. The predicted molar refractivity (Wildman–Crippen MR) is 70.2 cm³/mol. The number of carbonyl (C=O) groups excluding carboxylic acids is 1. The second kappa shape index (κ2) is 6.21. The van der Waals surface area contributed by atoms with Crippen molar-refractivity contribution < 1.29 is 14.7 Å². The monoisotopic (exact) mass is 255 g/mol. The zero-order chi connectivity index (χ0) is 13.8. The van der Waals surface area contributed by atoms with E-state index in [1.807, 2.05) is 0 Å². The summed E-state index contributed by atoms with van der Waals surface area (Å²) in [6, 6.07) is 0.251. The fourth-order valence-corrected chi connectivity index (χ4v) is 3.16. The van der Waals surface area contributed by atoms with Crippen LogP contribution in [0.25, 0.3) is 0 Å². The van der Waals surface area contributed by atoms with Crippen LogP contribution in [0.3, 0.4) is 0 Å². The molecule has 0 aromatic heterocycles. The van der Waals surface area contributed by atoms with Crippen LogP contribution in [-0.2, 0) is 9.59 Å². The van der Waals surface area contributed by atoms with Gasteiger partial charge in [0, 0.05) is 18.9 Å². The van der Waals surface area contributed by atoms with E-state index >= 15 is 0 Å². The summed E-state index contributed by atoms with van der Waals surface area (Å²) >= 11 is 0. The third-order valence-electron chi connectivity index (χ3n) is 3.55. The maximum absolute atomic E-state index is 11.7. The van der Waals surface area contributed by atoms with Crippen molar-refractivity contribution in [3.63, 3.8) is 0 Å². The van der Waals surface area contributed by atoms with Crippen LogP contribution in [0.2, 0.25) is 0 Å². The molecule has 2 atom stereocenters. The molecule has 4 nitrogen and oxygen atoms in total. The Labute approximate surface area is 109 Å². The maximum atomic E-state index is 11.7. The molecule has 0 spiro atoms. The Hall–Kier alpha value is -1.06. The van der Waals surface area contributed by atoms with Gasteiger partial charge in [0.15, 0.2) is 0 Å². The van der Waals surface area contributed by atoms with E-state index in [4.69, 9.17) is 5.11 Å². The molecule has 0 radical (unpaired) electrons. The molecule has 4 heteroatoms. The van der Waals surface area contributed by atoms with Crippen molar-refractivity contribution in [2.24, 2.45) is 11.3 Å². The largest absolute Gasteiger partial charge is 0.481 e. The molecule has 0 aromatic rings. The molecule has 1 amide bonds. The number of hydrogen-bond acceptors (Lipinski definition) is 2. The number of aliphatic carboxylic acids is 1. The lowest BCUT2D eigenvalue weighted by Gasteiger charge is -2.39. The Morgan fingerprint density at radius 3 is 2.50 bits per heavy atom. The van der Waals surface area contributed by atoms with Crippen molar-refractivity contribution in [2.45, 2.75) is 65.3 Å². The van der Waals surface area contributed by atoms with E-state index in [2.05, 4.69) is 26.1 Å². The van der Waals surface area contributed by atoms with E-state index in [9.17, 15) is 9.59 Å². The molecule has 2 N–H and O–H groups in total. The van der Waals surface area contributed by atoms with E-state index < -0.39 is 5.97 Å². The first-order chi connectivity index (χ1) is 8.28. The number of amides is 1. The zero-order valence-electron chi connectivity index (χ0n) is 11.7. The van der Waals surface area contributed by atoms with Crippen LogP contribution >= 0.6 is 0 Å². The molecule has 0 unspecified atom stereocenters. The summed E-state index contributed by atoms with van der Waals surface area (Å²) in [6.07, 6.45) is 4.07. The summed E-state index contributed by atoms with van der Waals surface area (Å²) in [4.78, 5) is 22.1. The van der Waals surface area contributed by atoms with E-state index in [1.54, 1.807) is 0 Å². The van der Waals surface area contributed by atoms with Gasteiger partial charge in [-0.1, -0.05) is 20.8 Å². The molecule has 1 rings (SSSR count). The van der Waals surface area contributed by atoms with Crippen LogP contribution < -0.4 is 5.32 Å². The molecule has 1 aliphatic carbocycles. The molecule has 18 heavy (non-hydrogen) atoms. The molecule has 0 saturated heterocycles. The molecule has 0 heterocycles. The third-order valence-corrected chi connectivity index (χ3v) is 3.55. The second-order valence-corrected chi connectivity index (χ2v) is 6.43. The first-order valence-electron chi connectivity index (χ1n) is 6.80. The van der Waals surface area contributed by atoms with Gasteiger partial charge in [0.2, 0.25) is 5.91 Å². The van der Waals surface area contributed by atoms with Crippen LogP contribution in [0, 0.1) is 11.3 Å². The van der Waals surface area contributed by atoms with Gasteiger partial charge in [-0.15, -0.1) is 0 Å². The van der Waals surface area contributed by atoms with Crippen LogP contribution in [0.4, 0.5) is 0 Å². The first kappa shape index (κ1) is 15.0. The van der Waals surface area contributed by atoms with Gasteiger partial charge in [0.05, 0.1) is 0 Å². The Bertz CT molecular complexity index is 312. The molecule has 104 valence electrons. The van der Waals surface area contributed by atoms with Gasteiger partial charge >= 0.3 is 5.97 Å². The highest BCUT2D eigenvalue weighted by Crippen LogP contribution is 2.38. The standard InChI is InChI=1S/C14H25NO3/c1-10-7-11(9-14(2,3)8-10)15-12(16)5-4-6-13(17)18/h10-11H,4-9H2,1-3H3,(H,15,16)(H,17,18)/t10-,11+/m0/s1. The fraction of sp³-hybridized carbons (Fsp3) is 0.857. The average Bonchev–Trinajstić information content (AvgIpc) is 2.12. The molecular weight excluding hydrogens is 230 g/mol. The van der Waals surface area contributed by atoms with E-state index in [-0.39, 0.29) is 23.8 Å². The van der Waals surface area contributed by atoms with Crippen molar-refractivity contribution in [1.29, 1.82) is 0 Å². The van der Waals surface area contributed by atoms with Gasteiger partial charge in [0.25, 0.3) is 0 Å².